The Hall–Kier alpha value is -1.27. The van der Waals surface area contributed by atoms with E-state index in [4.69, 9.17) is 9.47 Å². The lowest BCUT2D eigenvalue weighted by atomic mass is 9.78. The molecule has 0 unspecified atom stereocenters. The van der Waals surface area contributed by atoms with Crippen LogP contribution >= 0.6 is 0 Å². The zero-order valence-electron chi connectivity index (χ0n) is 15.7. The molecule has 0 aromatic carbocycles. The minimum Gasteiger partial charge on any atom is -0.378 e. The maximum Gasteiger partial charge on any atom is 0.174 e. The average molecular weight is 361 g/mol. The number of aryl methyl sites for hydroxylation is 1. The molecule has 1 aromatic rings. The summed E-state index contributed by atoms with van der Waals surface area (Å²) in [6.45, 7) is 0.905. The summed E-state index contributed by atoms with van der Waals surface area (Å²) >= 11 is 0. The first kappa shape index (κ1) is 18.1. The zero-order valence-corrected chi connectivity index (χ0v) is 15.7. The topological polar surface area (TPSA) is 72.9 Å². The highest BCUT2D eigenvalue weighted by Crippen LogP contribution is 2.45. The summed E-state index contributed by atoms with van der Waals surface area (Å²) in [5, 5.41) is 14.1. The number of tetrazole rings is 1. The van der Waals surface area contributed by atoms with E-state index >= 15 is 0 Å². The van der Waals surface area contributed by atoms with E-state index < -0.39 is 0 Å². The molecule has 0 amide bonds. The maximum atomic E-state index is 6.31. The highest BCUT2D eigenvalue weighted by Gasteiger charge is 2.48. The Morgan fingerprint density at radius 2 is 1.88 bits per heavy atom. The first-order chi connectivity index (χ1) is 12.9. The fraction of sp³-hybridized carbons (Fsp3) is 0.850. The van der Waals surface area contributed by atoms with Crippen LogP contribution in [0.15, 0.2) is 12.2 Å². The summed E-state index contributed by atoms with van der Waals surface area (Å²) in [5.41, 5.74) is 0. The first-order valence-electron chi connectivity index (χ1n) is 10.5. The third kappa shape index (κ3) is 4.52. The number of aromatic amines is 1. The van der Waals surface area contributed by atoms with Crippen molar-refractivity contribution in [1.82, 2.24) is 20.6 Å². The SMILES string of the molecule is C(=C/C[C@H]1[C@@H](COC2CCCCC2)[C@H]2CC[C@@H]1O2)/CCCc1nn[nH]n1. The minimum absolute atomic E-state index is 0.445. The molecule has 3 heterocycles. The molecule has 2 bridgehead atoms. The van der Waals surface area contributed by atoms with E-state index in [2.05, 4.69) is 32.8 Å². The Bertz CT molecular complexity index is 556. The van der Waals surface area contributed by atoms with E-state index in [0.29, 0.717) is 30.1 Å². The minimum atomic E-state index is 0.445. The molecule has 4 rings (SSSR count). The first-order valence-corrected chi connectivity index (χ1v) is 10.5. The van der Waals surface area contributed by atoms with Gasteiger partial charge in [-0.3, -0.25) is 0 Å². The number of aromatic nitrogens is 4. The molecule has 6 heteroatoms. The second-order valence-electron chi connectivity index (χ2n) is 8.14. The number of rotatable bonds is 9. The van der Waals surface area contributed by atoms with Gasteiger partial charge in [0.05, 0.1) is 24.9 Å². The lowest BCUT2D eigenvalue weighted by Crippen LogP contribution is -2.32. The number of unbranched alkanes of at least 4 members (excludes halogenated alkanes) is 1. The van der Waals surface area contributed by atoms with Crippen LogP contribution in [-0.2, 0) is 15.9 Å². The molecule has 3 fully saturated rings. The third-order valence-electron chi connectivity index (χ3n) is 6.40. The normalized spacial score (nSPS) is 32.0. The molecule has 2 saturated heterocycles. The predicted octanol–water partition coefficient (Wildman–Crippen LogP) is 3.61. The van der Waals surface area contributed by atoms with Gasteiger partial charge in [0.15, 0.2) is 5.82 Å². The number of H-pyrrole nitrogens is 1. The van der Waals surface area contributed by atoms with Gasteiger partial charge >= 0.3 is 0 Å². The van der Waals surface area contributed by atoms with Gasteiger partial charge in [0.2, 0.25) is 0 Å². The fourth-order valence-corrected chi connectivity index (χ4v) is 4.94. The number of nitrogens with one attached hydrogen (secondary N) is 1. The van der Waals surface area contributed by atoms with Gasteiger partial charge in [0.1, 0.15) is 0 Å². The Morgan fingerprint density at radius 3 is 2.69 bits per heavy atom. The number of fused-ring (bicyclic) bond motifs is 2. The number of nitrogens with zero attached hydrogens (tertiary/aromatic N) is 3. The number of hydrogen-bond acceptors (Lipinski definition) is 5. The molecule has 2 aliphatic heterocycles. The second-order valence-corrected chi connectivity index (χ2v) is 8.14. The lowest BCUT2D eigenvalue weighted by Gasteiger charge is -2.30. The molecule has 1 aromatic heterocycles. The highest BCUT2D eigenvalue weighted by atomic mass is 16.5. The van der Waals surface area contributed by atoms with Gasteiger partial charge in [-0.25, -0.2) is 0 Å². The molecule has 144 valence electrons. The van der Waals surface area contributed by atoms with Gasteiger partial charge in [0, 0.05) is 12.3 Å². The fourth-order valence-electron chi connectivity index (χ4n) is 4.94. The molecule has 1 N–H and O–H groups in total. The van der Waals surface area contributed by atoms with Crippen LogP contribution in [0, 0.1) is 11.8 Å². The second kappa shape index (κ2) is 9.09. The van der Waals surface area contributed by atoms with E-state index in [1.165, 1.54) is 44.9 Å². The molecular weight excluding hydrogens is 328 g/mol. The Kier molecular flexibility index (Phi) is 6.33. The predicted molar refractivity (Wildman–Crippen MR) is 98.6 cm³/mol. The van der Waals surface area contributed by atoms with Crippen LogP contribution in [-0.4, -0.2) is 45.5 Å². The van der Waals surface area contributed by atoms with Crippen molar-refractivity contribution < 1.29 is 9.47 Å². The van der Waals surface area contributed by atoms with Crippen LogP contribution in [0.2, 0.25) is 0 Å². The molecule has 26 heavy (non-hydrogen) atoms. The zero-order chi connectivity index (χ0) is 17.6. The summed E-state index contributed by atoms with van der Waals surface area (Å²) in [5.74, 6) is 2.05. The van der Waals surface area contributed by atoms with E-state index in [-0.39, 0.29) is 0 Å². The van der Waals surface area contributed by atoms with Crippen molar-refractivity contribution in [3.8, 4) is 0 Å². The quantitative estimate of drug-likeness (QED) is 0.538. The number of hydrogen-bond donors (Lipinski definition) is 1. The Morgan fingerprint density at radius 1 is 1.04 bits per heavy atom. The van der Waals surface area contributed by atoms with Crippen molar-refractivity contribution in [3.63, 3.8) is 0 Å². The number of ether oxygens (including phenoxy) is 2. The molecular formula is C20H32N4O2. The van der Waals surface area contributed by atoms with Crippen molar-refractivity contribution in [2.24, 2.45) is 11.8 Å². The Labute approximate surface area is 156 Å². The van der Waals surface area contributed by atoms with Gasteiger partial charge in [-0.05, 0) is 50.9 Å². The van der Waals surface area contributed by atoms with Gasteiger partial charge in [-0.15, -0.1) is 10.2 Å². The smallest absolute Gasteiger partial charge is 0.174 e. The van der Waals surface area contributed by atoms with E-state index in [1.807, 2.05) is 0 Å². The van der Waals surface area contributed by atoms with Gasteiger partial charge in [-0.2, -0.15) is 5.21 Å². The monoisotopic (exact) mass is 360 g/mol. The Balaban J connectivity index is 1.20. The molecule has 6 nitrogen and oxygen atoms in total. The van der Waals surface area contributed by atoms with Crippen LogP contribution in [0.25, 0.3) is 0 Å². The van der Waals surface area contributed by atoms with E-state index in [9.17, 15) is 0 Å². The molecule has 0 radical (unpaired) electrons. The van der Waals surface area contributed by atoms with Gasteiger partial charge in [0.25, 0.3) is 0 Å². The molecule has 3 aliphatic rings. The largest absolute Gasteiger partial charge is 0.378 e. The van der Waals surface area contributed by atoms with Crippen molar-refractivity contribution in [2.45, 2.75) is 88.9 Å². The maximum absolute atomic E-state index is 6.31. The average Bonchev–Trinajstić information content (AvgIpc) is 3.41. The van der Waals surface area contributed by atoms with Crippen LogP contribution in [0.3, 0.4) is 0 Å². The third-order valence-corrected chi connectivity index (χ3v) is 6.40. The molecule has 1 aliphatic carbocycles. The van der Waals surface area contributed by atoms with Crippen LogP contribution < -0.4 is 0 Å². The van der Waals surface area contributed by atoms with Gasteiger partial charge < -0.3 is 9.47 Å². The lowest BCUT2D eigenvalue weighted by molar-refractivity contribution is -0.0130. The van der Waals surface area contributed by atoms with E-state index in [0.717, 1.165) is 38.1 Å². The van der Waals surface area contributed by atoms with Crippen molar-refractivity contribution in [3.05, 3.63) is 18.0 Å². The summed E-state index contributed by atoms with van der Waals surface area (Å²) in [6.07, 6.45) is 19.3. The summed E-state index contributed by atoms with van der Waals surface area (Å²) in [7, 11) is 0. The summed E-state index contributed by atoms with van der Waals surface area (Å²) < 4.78 is 12.5. The molecule has 0 spiro atoms. The van der Waals surface area contributed by atoms with Crippen molar-refractivity contribution in [1.29, 1.82) is 0 Å². The van der Waals surface area contributed by atoms with Crippen LogP contribution in [0.5, 0.6) is 0 Å². The van der Waals surface area contributed by atoms with Crippen LogP contribution in [0.1, 0.15) is 70.0 Å². The van der Waals surface area contributed by atoms with E-state index in [1.54, 1.807) is 0 Å². The summed E-state index contributed by atoms with van der Waals surface area (Å²) in [6, 6.07) is 0. The van der Waals surface area contributed by atoms with Crippen LogP contribution in [0.4, 0.5) is 0 Å². The van der Waals surface area contributed by atoms with Crippen molar-refractivity contribution in [2.75, 3.05) is 6.61 Å². The van der Waals surface area contributed by atoms with Gasteiger partial charge in [-0.1, -0.05) is 36.6 Å². The summed E-state index contributed by atoms with van der Waals surface area (Å²) in [4.78, 5) is 0. The highest BCUT2D eigenvalue weighted by molar-refractivity contribution is 5.00. The standard InChI is InChI=1S/C20H32N4O2/c1(2-7-11-20-21-23-24-22-20)6-10-16-17(19-13-12-18(16)26-19)14-25-15-8-4-3-5-9-15/h1,6,15-19H,2-5,7-14H2,(H,21,22,23,24)/b6-1-/t16-,17+,18-,19+/m0/s1. The molecule has 1 saturated carbocycles. The van der Waals surface area contributed by atoms with Crippen molar-refractivity contribution >= 4 is 0 Å². The number of allylic oxidation sites excluding steroid dienone is 2. The molecule has 4 atom stereocenters.